The molecule has 4 N–H and O–H groups in total. The number of fused-ring (bicyclic) bond motifs is 3. The summed E-state index contributed by atoms with van der Waals surface area (Å²) in [5, 5.41) is 37.3. The number of aromatic hydroxyl groups is 1. The van der Waals surface area contributed by atoms with Crippen molar-refractivity contribution in [1.82, 2.24) is 5.32 Å². The second-order valence-corrected chi connectivity index (χ2v) is 10.9. The van der Waals surface area contributed by atoms with E-state index >= 15 is 0 Å². The Balaban J connectivity index is 1.54. The molecule has 8 heteroatoms. The SMILES string of the molecule is CCc1cc(CNCc2ccccc2F)c(O)c2c1C[C@H]1C[C@H]3CC(C)=C(C(C)=O)C(=O)[C@@]3(O)C(=O)C1=C2O. The lowest BCUT2D eigenvalue weighted by molar-refractivity contribution is -0.157. The molecule has 0 spiro atoms. The molecule has 5 rings (SSSR count). The van der Waals surface area contributed by atoms with Crippen LogP contribution in [0.1, 0.15) is 61.4 Å². The third kappa shape index (κ3) is 4.13. The van der Waals surface area contributed by atoms with Crippen molar-refractivity contribution in [3.63, 3.8) is 0 Å². The predicted molar refractivity (Wildman–Crippen MR) is 142 cm³/mol. The fourth-order valence-electron chi connectivity index (χ4n) is 6.65. The van der Waals surface area contributed by atoms with Crippen molar-refractivity contribution in [2.75, 3.05) is 0 Å². The van der Waals surface area contributed by atoms with Crippen molar-refractivity contribution in [2.24, 2.45) is 11.8 Å². The minimum Gasteiger partial charge on any atom is -0.507 e. The lowest BCUT2D eigenvalue weighted by Gasteiger charge is -2.46. The quantitative estimate of drug-likeness (QED) is 0.327. The minimum absolute atomic E-state index is 0.0779. The number of hydrogen-bond donors (Lipinski definition) is 4. The summed E-state index contributed by atoms with van der Waals surface area (Å²) in [6.07, 6.45) is 1.50. The van der Waals surface area contributed by atoms with Gasteiger partial charge in [-0.3, -0.25) is 14.4 Å². The van der Waals surface area contributed by atoms with E-state index in [9.17, 15) is 34.1 Å². The molecule has 7 nitrogen and oxygen atoms in total. The van der Waals surface area contributed by atoms with E-state index in [2.05, 4.69) is 5.32 Å². The van der Waals surface area contributed by atoms with Gasteiger partial charge in [-0.1, -0.05) is 36.8 Å². The number of benzene rings is 2. The number of aryl methyl sites for hydroxylation is 1. The van der Waals surface area contributed by atoms with E-state index in [1.807, 2.05) is 13.0 Å². The van der Waals surface area contributed by atoms with Gasteiger partial charge in [0.05, 0.1) is 11.1 Å². The molecule has 0 aliphatic heterocycles. The molecule has 1 saturated carbocycles. The molecule has 0 radical (unpaired) electrons. The number of nitrogens with one attached hydrogen (secondary N) is 1. The molecular weight excluding hydrogens is 501 g/mol. The Labute approximate surface area is 226 Å². The van der Waals surface area contributed by atoms with Gasteiger partial charge in [0, 0.05) is 35.7 Å². The molecule has 2 aromatic rings. The molecule has 3 atom stereocenters. The van der Waals surface area contributed by atoms with Crippen molar-refractivity contribution in [3.8, 4) is 5.75 Å². The maximum absolute atomic E-state index is 14.0. The second kappa shape index (κ2) is 9.84. The van der Waals surface area contributed by atoms with E-state index < -0.39 is 40.5 Å². The summed E-state index contributed by atoms with van der Waals surface area (Å²) in [6, 6.07) is 8.24. The minimum atomic E-state index is -2.43. The van der Waals surface area contributed by atoms with Crippen LogP contribution in [0.4, 0.5) is 4.39 Å². The van der Waals surface area contributed by atoms with Gasteiger partial charge in [-0.05, 0) is 62.6 Å². The molecule has 0 bridgehead atoms. The molecule has 2 aromatic carbocycles. The third-order valence-electron chi connectivity index (χ3n) is 8.55. The third-order valence-corrected chi connectivity index (χ3v) is 8.55. The number of Topliss-reactive ketones (excluding diaryl/α,β-unsaturated/α-hetero) is 3. The van der Waals surface area contributed by atoms with Crippen molar-refractivity contribution in [2.45, 2.75) is 65.1 Å². The van der Waals surface area contributed by atoms with E-state index in [1.165, 1.54) is 13.0 Å². The van der Waals surface area contributed by atoms with Gasteiger partial charge in [0.25, 0.3) is 0 Å². The summed E-state index contributed by atoms with van der Waals surface area (Å²) in [7, 11) is 0. The summed E-state index contributed by atoms with van der Waals surface area (Å²) < 4.78 is 14.0. The van der Waals surface area contributed by atoms with Gasteiger partial charge in [0.15, 0.2) is 11.4 Å². The number of hydrogen-bond acceptors (Lipinski definition) is 7. The first kappa shape index (κ1) is 27.0. The molecular formula is C31H32FNO6. The van der Waals surface area contributed by atoms with Crippen molar-refractivity contribution >= 4 is 23.1 Å². The average molecular weight is 534 g/mol. The van der Waals surface area contributed by atoms with E-state index in [1.54, 1.807) is 25.1 Å². The Bertz CT molecular complexity index is 1490. The largest absolute Gasteiger partial charge is 0.507 e. The first-order chi connectivity index (χ1) is 18.5. The zero-order valence-electron chi connectivity index (χ0n) is 22.2. The first-order valence-electron chi connectivity index (χ1n) is 13.3. The van der Waals surface area contributed by atoms with Gasteiger partial charge < -0.3 is 20.6 Å². The van der Waals surface area contributed by atoms with Gasteiger partial charge in [-0.2, -0.15) is 0 Å². The number of halogens is 1. The molecule has 1 fully saturated rings. The topological polar surface area (TPSA) is 124 Å². The van der Waals surface area contributed by atoms with Gasteiger partial charge >= 0.3 is 0 Å². The second-order valence-electron chi connectivity index (χ2n) is 10.9. The average Bonchev–Trinajstić information content (AvgIpc) is 2.88. The van der Waals surface area contributed by atoms with Crippen LogP contribution < -0.4 is 5.32 Å². The number of carbonyl (C=O) groups excluding carboxylic acids is 3. The van der Waals surface area contributed by atoms with E-state index in [0.29, 0.717) is 29.5 Å². The van der Waals surface area contributed by atoms with E-state index in [-0.39, 0.29) is 54.2 Å². The number of phenols is 1. The Morgan fingerprint density at radius 1 is 1.08 bits per heavy atom. The van der Waals surface area contributed by atoms with E-state index in [4.69, 9.17) is 0 Å². The normalized spacial score (nSPS) is 24.4. The van der Waals surface area contributed by atoms with Crippen LogP contribution in [-0.2, 0) is 40.3 Å². The molecule has 0 aromatic heterocycles. The number of ketones is 3. The lowest BCUT2D eigenvalue weighted by atomic mass is 9.57. The molecule has 0 unspecified atom stereocenters. The Kier molecular flexibility index (Phi) is 6.81. The number of aliphatic hydroxyl groups is 2. The highest BCUT2D eigenvalue weighted by molar-refractivity contribution is 6.33. The zero-order valence-corrected chi connectivity index (χ0v) is 22.2. The maximum Gasteiger partial charge on any atom is 0.206 e. The standard InChI is InChI=1S/C31H32FNO6/c1-4-17-10-20(14-33-13-18-7-5-6-8-23(18)32)27(35)26-22(17)12-19-11-21-9-15(2)24(16(3)34)29(37)31(21,39)30(38)25(19)28(26)36/h5-8,10,19,21,33,35-36,39H,4,9,11-14H2,1-3H3/t19-,21-,31-/m1/s1. The van der Waals surface area contributed by atoms with Crippen molar-refractivity contribution in [1.29, 1.82) is 0 Å². The highest BCUT2D eigenvalue weighted by Gasteiger charge is 2.60. The van der Waals surface area contributed by atoms with Crippen LogP contribution in [0.15, 0.2) is 47.1 Å². The van der Waals surface area contributed by atoms with Crippen molar-refractivity contribution in [3.05, 3.63) is 80.7 Å². The Hall–Kier alpha value is -3.62. The van der Waals surface area contributed by atoms with Crippen LogP contribution in [0.25, 0.3) is 5.76 Å². The predicted octanol–water partition coefficient (Wildman–Crippen LogP) is 4.02. The fourth-order valence-corrected chi connectivity index (χ4v) is 6.65. The van der Waals surface area contributed by atoms with Crippen LogP contribution in [0.3, 0.4) is 0 Å². The molecule has 3 aliphatic carbocycles. The smallest absolute Gasteiger partial charge is 0.206 e. The Morgan fingerprint density at radius 2 is 1.77 bits per heavy atom. The summed E-state index contributed by atoms with van der Waals surface area (Å²) in [5.74, 6) is -4.46. The maximum atomic E-state index is 14.0. The molecule has 0 amide bonds. The molecule has 3 aliphatic rings. The Morgan fingerprint density at radius 3 is 2.44 bits per heavy atom. The first-order valence-corrected chi connectivity index (χ1v) is 13.3. The number of allylic oxidation sites excluding steroid dienone is 1. The van der Waals surface area contributed by atoms with Crippen LogP contribution in [-0.4, -0.2) is 38.3 Å². The van der Waals surface area contributed by atoms with Gasteiger partial charge in [0.2, 0.25) is 11.6 Å². The lowest BCUT2D eigenvalue weighted by Crippen LogP contribution is -2.61. The molecule has 204 valence electrons. The fraction of sp³-hybridized carbons (Fsp3) is 0.387. The van der Waals surface area contributed by atoms with Crippen LogP contribution in [0.5, 0.6) is 5.75 Å². The van der Waals surface area contributed by atoms with Gasteiger partial charge in [-0.25, -0.2) is 4.39 Å². The number of rotatable bonds is 6. The molecule has 0 saturated heterocycles. The van der Waals surface area contributed by atoms with Crippen LogP contribution in [0, 0.1) is 17.7 Å². The van der Waals surface area contributed by atoms with Crippen LogP contribution >= 0.6 is 0 Å². The number of carbonyl (C=O) groups is 3. The molecule has 39 heavy (non-hydrogen) atoms. The number of phenolic OH excluding ortho intramolecular Hbond substituents is 1. The summed E-state index contributed by atoms with van der Waals surface area (Å²) >= 11 is 0. The highest BCUT2D eigenvalue weighted by Crippen LogP contribution is 2.52. The van der Waals surface area contributed by atoms with Gasteiger partial charge in [0.1, 0.15) is 17.3 Å². The van der Waals surface area contributed by atoms with Crippen molar-refractivity contribution < 1.29 is 34.1 Å². The van der Waals surface area contributed by atoms with E-state index in [0.717, 1.165) is 11.1 Å². The monoisotopic (exact) mass is 533 g/mol. The van der Waals surface area contributed by atoms with Gasteiger partial charge in [-0.15, -0.1) is 0 Å². The highest BCUT2D eigenvalue weighted by atomic mass is 19.1. The number of aliphatic hydroxyl groups excluding tert-OH is 1. The molecule has 0 heterocycles. The zero-order chi connectivity index (χ0) is 28.2. The summed E-state index contributed by atoms with van der Waals surface area (Å²) in [6.45, 7) is 5.27. The summed E-state index contributed by atoms with van der Waals surface area (Å²) in [5.41, 5.74) is 0.596. The summed E-state index contributed by atoms with van der Waals surface area (Å²) in [4.78, 5) is 39.3. The van der Waals surface area contributed by atoms with Crippen LogP contribution in [0.2, 0.25) is 0 Å².